The van der Waals surface area contributed by atoms with E-state index in [9.17, 15) is 14.4 Å². The minimum atomic E-state index is -0.626. The van der Waals surface area contributed by atoms with Crippen molar-refractivity contribution in [1.82, 2.24) is 10.3 Å². The van der Waals surface area contributed by atoms with Gasteiger partial charge in [0, 0.05) is 21.2 Å². The number of hydrogen-bond acceptors (Lipinski definition) is 7. The van der Waals surface area contributed by atoms with Crippen LogP contribution in [-0.2, 0) is 9.59 Å². The van der Waals surface area contributed by atoms with Gasteiger partial charge in [-0.15, -0.1) is 11.8 Å². The molecule has 3 amide bonds. The number of carbonyl (C=O) groups excluding carboxylic acids is 3. The van der Waals surface area contributed by atoms with Gasteiger partial charge in [0.25, 0.3) is 11.8 Å². The number of ether oxygens (including phenoxy) is 1. The summed E-state index contributed by atoms with van der Waals surface area (Å²) in [6.07, 6.45) is 1.58. The maximum atomic E-state index is 13.8. The number of aromatic nitrogens is 1. The topological polar surface area (TPSA) is 109 Å². The lowest BCUT2D eigenvalue weighted by Crippen LogP contribution is -2.30. The molecule has 0 saturated carbocycles. The lowest BCUT2D eigenvalue weighted by molar-refractivity contribution is -0.116. The van der Waals surface area contributed by atoms with Crippen LogP contribution in [0.4, 0.5) is 10.8 Å². The number of benzene rings is 5. The van der Waals surface area contributed by atoms with E-state index in [1.807, 2.05) is 60.7 Å². The Labute approximate surface area is 296 Å². The lowest BCUT2D eigenvalue weighted by Gasteiger charge is -2.17. The first kappa shape index (κ1) is 33.5. The predicted molar refractivity (Wildman–Crippen MR) is 198 cm³/mol. The van der Waals surface area contributed by atoms with Crippen molar-refractivity contribution >= 4 is 79.5 Å². The molecular formula is C38H29ClN4O4S2. The van der Waals surface area contributed by atoms with Crippen molar-refractivity contribution < 1.29 is 19.1 Å². The van der Waals surface area contributed by atoms with E-state index in [2.05, 4.69) is 20.9 Å². The molecule has 8 nitrogen and oxygen atoms in total. The van der Waals surface area contributed by atoms with Crippen molar-refractivity contribution in [2.24, 2.45) is 0 Å². The Kier molecular flexibility index (Phi) is 10.7. The number of nitrogens with one attached hydrogen (secondary N) is 3. The molecule has 1 atom stereocenters. The number of halogens is 1. The number of nitrogens with zero attached hydrogens (tertiary/aromatic N) is 1. The van der Waals surface area contributed by atoms with E-state index in [0.29, 0.717) is 32.7 Å². The fourth-order valence-electron chi connectivity index (χ4n) is 4.81. The Bertz CT molecular complexity index is 2140. The van der Waals surface area contributed by atoms with Crippen LogP contribution in [0.2, 0.25) is 5.02 Å². The minimum absolute atomic E-state index is 0.0456. The van der Waals surface area contributed by atoms with Crippen LogP contribution in [-0.4, -0.2) is 29.8 Å². The zero-order valence-corrected chi connectivity index (χ0v) is 28.4. The summed E-state index contributed by atoms with van der Waals surface area (Å²) in [5, 5.41) is 9.04. The smallest absolute Gasteiger partial charge is 0.272 e. The SMILES string of the molecule is COc1ccc2nc(NC(=O)C(Sc3cccc(NC(=O)/C(=C/c4ccc(Cl)cc4)NC(=O)c4ccccc4)c3)c3ccccc3)sc2c1. The van der Waals surface area contributed by atoms with Crippen molar-refractivity contribution in [2.45, 2.75) is 10.1 Å². The number of amides is 3. The highest BCUT2D eigenvalue weighted by molar-refractivity contribution is 8.00. The fourth-order valence-corrected chi connectivity index (χ4v) is 6.91. The first-order chi connectivity index (χ1) is 23.8. The molecule has 0 aliphatic heterocycles. The maximum absolute atomic E-state index is 13.8. The Balaban J connectivity index is 1.22. The van der Waals surface area contributed by atoms with Crippen molar-refractivity contribution in [2.75, 3.05) is 17.7 Å². The summed E-state index contributed by atoms with van der Waals surface area (Å²) in [7, 11) is 1.61. The Morgan fingerprint density at radius 1 is 0.837 bits per heavy atom. The summed E-state index contributed by atoms with van der Waals surface area (Å²) in [6, 6.07) is 37.8. The summed E-state index contributed by atoms with van der Waals surface area (Å²) in [5.41, 5.74) is 3.18. The summed E-state index contributed by atoms with van der Waals surface area (Å²) in [5.74, 6) is -0.478. The normalized spacial score (nSPS) is 11.8. The van der Waals surface area contributed by atoms with Crippen LogP contribution in [0.5, 0.6) is 5.75 Å². The number of thioether (sulfide) groups is 1. The highest BCUT2D eigenvalue weighted by atomic mass is 35.5. The van der Waals surface area contributed by atoms with Gasteiger partial charge < -0.3 is 20.7 Å². The van der Waals surface area contributed by atoms with Crippen molar-refractivity contribution in [1.29, 1.82) is 0 Å². The summed E-state index contributed by atoms with van der Waals surface area (Å²) in [4.78, 5) is 45.8. The molecule has 6 aromatic rings. The third kappa shape index (κ3) is 8.74. The molecule has 11 heteroatoms. The van der Waals surface area contributed by atoms with Crippen LogP contribution < -0.4 is 20.7 Å². The summed E-state index contributed by atoms with van der Waals surface area (Å²) >= 11 is 8.76. The van der Waals surface area contributed by atoms with Gasteiger partial charge in [-0.1, -0.05) is 89.7 Å². The highest BCUT2D eigenvalue weighted by Crippen LogP contribution is 2.38. The second kappa shape index (κ2) is 15.7. The Hall–Kier alpha value is -5.42. The Morgan fingerprint density at radius 3 is 2.31 bits per heavy atom. The van der Waals surface area contributed by atoms with Gasteiger partial charge in [0.1, 0.15) is 16.7 Å². The zero-order chi connectivity index (χ0) is 34.2. The number of thiazole rings is 1. The maximum Gasteiger partial charge on any atom is 0.272 e. The average molecular weight is 705 g/mol. The van der Waals surface area contributed by atoms with Crippen LogP contribution in [0.25, 0.3) is 16.3 Å². The molecule has 0 aliphatic carbocycles. The van der Waals surface area contributed by atoms with Gasteiger partial charge in [0.2, 0.25) is 5.91 Å². The molecule has 0 saturated heterocycles. The molecule has 0 aliphatic rings. The molecule has 1 unspecified atom stereocenters. The molecule has 49 heavy (non-hydrogen) atoms. The monoisotopic (exact) mass is 704 g/mol. The quantitative estimate of drug-likeness (QED) is 0.0919. The van der Waals surface area contributed by atoms with Crippen LogP contribution in [0.3, 0.4) is 0 Å². The van der Waals surface area contributed by atoms with Crippen LogP contribution in [0, 0.1) is 0 Å². The van der Waals surface area contributed by atoms with E-state index in [1.165, 1.54) is 23.1 Å². The second-order valence-corrected chi connectivity index (χ2v) is 13.3. The van der Waals surface area contributed by atoms with E-state index >= 15 is 0 Å². The third-order valence-corrected chi connectivity index (χ3v) is 9.66. The minimum Gasteiger partial charge on any atom is -0.497 e. The van der Waals surface area contributed by atoms with Gasteiger partial charge in [-0.05, 0) is 77.9 Å². The third-order valence-electron chi connectivity index (χ3n) is 7.22. The van der Waals surface area contributed by atoms with Gasteiger partial charge in [0.15, 0.2) is 5.13 Å². The van der Waals surface area contributed by atoms with Gasteiger partial charge >= 0.3 is 0 Å². The number of anilines is 2. The fraction of sp³-hybridized carbons (Fsp3) is 0.0526. The summed E-state index contributed by atoms with van der Waals surface area (Å²) < 4.78 is 6.22. The lowest BCUT2D eigenvalue weighted by atomic mass is 10.1. The number of carbonyl (C=O) groups is 3. The first-order valence-electron chi connectivity index (χ1n) is 15.1. The standard InChI is InChI=1S/C38H29ClN4O4S2/c1-47-29-19-20-31-33(23-29)49-38(42-31)43-37(46)34(25-9-4-2-5-10-25)48-30-14-8-13-28(22-30)40-36(45)32(21-24-15-17-27(39)18-16-24)41-35(44)26-11-6-3-7-12-26/h2-23,34H,1H3,(H,40,45)(H,41,44)(H,42,43,46)/b32-21-. The number of rotatable bonds is 11. The molecule has 0 spiro atoms. The van der Waals surface area contributed by atoms with E-state index in [1.54, 1.807) is 79.9 Å². The van der Waals surface area contributed by atoms with Gasteiger partial charge in [-0.3, -0.25) is 14.4 Å². The van der Waals surface area contributed by atoms with Crippen LogP contribution >= 0.6 is 34.7 Å². The molecule has 0 bridgehead atoms. The van der Waals surface area contributed by atoms with Gasteiger partial charge in [-0.25, -0.2) is 4.98 Å². The number of fused-ring (bicyclic) bond motifs is 1. The molecule has 0 fully saturated rings. The average Bonchev–Trinajstić information content (AvgIpc) is 3.53. The van der Waals surface area contributed by atoms with Crippen molar-refractivity contribution in [3.05, 3.63) is 155 Å². The van der Waals surface area contributed by atoms with Crippen molar-refractivity contribution in [3.8, 4) is 5.75 Å². The van der Waals surface area contributed by atoms with E-state index in [-0.39, 0.29) is 11.6 Å². The largest absolute Gasteiger partial charge is 0.497 e. The van der Waals surface area contributed by atoms with E-state index < -0.39 is 17.1 Å². The molecular weight excluding hydrogens is 676 g/mol. The van der Waals surface area contributed by atoms with E-state index in [0.717, 1.165) is 20.7 Å². The molecule has 1 heterocycles. The predicted octanol–water partition coefficient (Wildman–Crippen LogP) is 8.84. The second-order valence-electron chi connectivity index (χ2n) is 10.7. The van der Waals surface area contributed by atoms with E-state index in [4.69, 9.17) is 16.3 Å². The van der Waals surface area contributed by atoms with Crippen LogP contribution in [0.1, 0.15) is 26.7 Å². The molecule has 244 valence electrons. The molecule has 6 rings (SSSR count). The van der Waals surface area contributed by atoms with Gasteiger partial charge in [-0.2, -0.15) is 0 Å². The summed E-state index contributed by atoms with van der Waals surface area (Å²) in [6.45, 7) is 0. The molecule has 3 N–H and O–H groups in total. The molecule has 0 radical (unpaired) electrons. The highest BCUT2D eigenvalue weighted by Gasteiger charge is 2.24. The van der Waals surface area contributed by atoms with Crippen molar-refractivity contribution in [3.63, 3.8) is 0 Å². The number of methoxy groups -OCH3 is 1. The molecule has 1 aromatic heterocycles. The Morgan fingerprint density at radius 2 is 1.57 bits per heavy atom. The van der Waals surface area contributed by atoms with Gasteiger partial charge in [0.05, 0.1) is 17.3 Å². The zero-order valence-electron chi connectivity index (χ0n) is 26.1. The first-order valence-corrected chi connectivity index (χ1v) is 17.1. The molecule has 5 aromatic carbocycles. The van der Waals surface area contributed by atoms with Crippen LogP contribution in [0.15, 0.2) is 138 Å². The number of hydrogen-bond donors (Lipinski definition) is 3.